The number of rotatable bonds is 6. The SMILES string of the molecule is C=C(C)CCC(NCC)c1cccc2cccnc12. The molecule has 1 aromatic heterocycles. The highest BCUT2D eigenvalue weighted by Crippen LogP contribution is 2.26. The molecule has 2 nitrogen and oxygen atoms in total. The van der Waals surface area contributed by atoms with Gasteiger partial charge >= 0.3 is 0 Å². The zero-order valence-corrected chi connectivity index (χ0v) is 11.8. The van der Waals surface area contributed by atoms with E-state index < -0.39 is 0 Å². The summed E-state index contributed by atoms with van der Waals surface area (Å²) in [4.78, 5) is 4.55. The number of nitrogens with zero attached hydrogens (tertiary/aromatic N) is 1. The highest BCUT2D eigenvalue weighted by atomic mass is 14.9. The van der Waals surface area contributed by atoms with Crippen molar-refractivity contribution in [1.82, 2.24) is 10.3 Å². The maximum atomic E-state index is 4.55. The third-order valence-electron chi connectivity index (χ3n) is 3.35. The molecule has 2 rings (SSSR count). The van der Waals surface area contributed by atoms with E-state index in [4.69, 9.17) is 0 Å². The van der Waals surface area contributed by atoms with Gasteiger partial charge in [0, 0.05) is 17.6 Å². The predicted octanol–water partition coefficient (Wildman–Crippen LogP) is 4.24. The highest BCUT2D eigenvalue weighted by Gasteiger charge is 2.13. The average molecular weight is 254 g/mol. The van der Waals surface area contributed by atoms with Crippen LogP contribution in [0.2, 0.25) is 0 Å². The summed E-state index contributed by atoms with van der Waals surface area (Å²) in [6, 6.07) is 10.9. The molecule has 19 heavy (non-hydrogen) atoms. The van der Waals surface area contributed by atoms with E-state index in [1.54, 1.807) is 0 Å². The van der Waals surface area contributed by atoms with E-state index in [-0.39, 0.29) is 0 Å². The Morgan fingerprint density at radius 3 is 2.84 bits per heavy atom. The van der Waals surface area contributed by atoms with Crippen LogP contribution in [-0.4, -0.2) is 11.5 Å². The third kappa shape index (κ3) is 3.42. The molecule has 2 aromatic rings. The molecule has 1 N–H and O–H groups in total. The van der Waals surface area contributed by atoms with Crippen LogP contribution in [0.25, 0.3) is 10.9 Å². The van der Waals surface area contributed by atoms with E-state index in [1.165, 1.54) is 16.5 Å². The van der Waals surface area contributed by atoms with E-state index in [2.05, 4.69) is 55.0 Å². The van der Waals surface area contributed by atoms with Gasteiger partial charge < -0.3 is 5.32 Å². The van der Waals surface area contributed by atoms with Crippen LogP contribution in [0.1, 0.15) is 38.3 Å². The van der Waals surface area contributed by atoms with Gasteiger partial charge in [0.2, 0.25) is 0 Å². The molecule has 0 aliphatic rings. The third-order valence-corrected chi connectivity index (χ3v) is 3.35. The van der Waals surface area contributed by atoms with Gasteiger partial charge in [0.25, 0.3) is 0 Å². The smallest absolute Gasteiger partial charge is 0.0749 e. The average Bonchev–Trinajstić information content (AvgIpc) is 2.43. The molecule has 0 amide bonds. The predicted molar refractivity (Wildman–Crippen MR) is 82.2 cm³/mol. The standard InChI is InChI=1S/C17H22N2/c1-4-18-16(11-10-13(2)3)15-9-5-7-14-8-6-12-19-17(14)15/h5-9,12,16,18H,2,4,10-11H2,1,3H3. The monoisotopic (exact) mass is 254 g/mol. The zero-order valence-electron chi connectivity index (χ0n) is 11.8. The van der Waals surface area contributed by atoms with Crippen molar-refractivity contribution in [3.05, 3.63) is 54.2 Å². The minimum absolute atomic E-state index is 0.347. The van der Waals surface area contributed by atoms with Crippen LogP contribution in [0, 0.1) is 0 Å². The fraction of sp³-hybridized carbons (Fsp3) is 0.353. The van der Waals surface area contributed by atoms with Crippen LogP contribution < -0.4 is 5.32 Å². The Kier molecular flexibility index (Phi) is 4.69. The molecule has 1 unspecified atom stereocenters. The molecular weight excluding hydrogens is 232 g/mol. The van der Waals surface area contributed by atoms with Crippen molar-refractivity contribution in [2.24, 2.45) is 0 Å². The van der Waals surface area contributed by atoms with E-state index in [9.17, 15) is 0 Å². The molecule has 0 aliphatic heterocycles. The number of allylic oxidation sites excluding steroid dienone is 1. The second-order valence-corrected chi connectivity index (χ2v) is 5.03. The summed E-state index contributed by atoms with van der Waals surface area (Å²) in [7, 11) is 0. The van der Waals surface area contributed by atoms with Gasteiger partial charge in [-0.2, -0.15) is 0 Å². The number of nitrogens with one attached hydrogen (secondary N) is 1. The summed E-state index contributed by atoms with van der Waals surface area (Å²) in [6.45, 7) is 9.20. The Labute approximate surface area is 115 Å². The van der Waals surface area contributed by atoms with Crippen LogP contribution in [0.5, 0.6) is 0 Å². The molecule has 1 heterocycles. The molecule has 100 valence electrons. The van der Waals surface area contributed by atoms with E-state index >= 15 is 0 Å². The van der Waals surface area contributed by atoms with Gasteiger partial charge in [0.15, 0.2) is 0 Å². The number of fused-ring (bicyclic) bond motifs is 1. The van der Waals surface area contributed by atoms with Crippen molar-refractivity contribution >= 4 is 10.9 Å². The first-order valence-electron chi connectivity index (χ1n) is 6.93. The van der Waals surface area contributed by atoms with Crippen LogP contribution in [0.15, 0.2) is 48.7 Å². The van der Waals surface area contributed by atoms with Gasteiger partial charge in [-0.3, -0.25) is 4.98 Å². The highest BCUT2D eigenvalue weighted by molar-refractivity contribution is 5.82. The molecule has 0 aliphatic carbocycles. The van der Waals surface area contributed by atoms with Crippen LogP contribution in [0.3, 0.4) is 0 Å². The Balaban J connectivity index is 2.35. The molecule has 0 saturated heterocycles. The summed E-state index contributed by atoms with van der Waals surface area (Å²) in [6.07, 6.45) is 3.98. The number of hydrogen-bond donors (Lipinski definition) is 1. The molecule has 0 bridgehead atoms. The van der Waals surface area contributed by atoms with Crippen molar-refractivity contribution in [3.8, 4) is 0 Å². The number of benzene rings is 1. The van der Waals surface area contributed by atoms with Gasteiger partial charge in [-0.25, -0.2) is 0 Å². The normalized spacial score (nSPS) is 12.5. The van der Waals surface area contributed by atoms with Crippen molar-refractivity contribution < 1.29 is 0 Å². The van der Waals surface area contributed by atoms with Gasteiger partial charge in [-0.15, -0.1) is 6.58 Å². The lowest BCUT2D eigenvalue weighted by Crippen LogP contribution is -2.21. The topological polar surface area (TPSA) is 24.9 Å². The molecular formula is C17H22N2. The van der Waals surface area contributed by atoms with Gasteiger partial charge in [0.1, 0.15) is 0 Å². The maximum absolute atomic E-state index is 4.55. The van der Waals surface area contributed by atoms with Crippen LogP contribution >= 0.6 is 0 Å². The van der Waals surface area contributed by atoms with E-state index in [1.807, 2.05) is 12.3 Å². The largest absolute Gasteiger partial charge is 0.310 e. The Bertz CT molecular complexity index is 555. The first-order valence-corrected chi connectivity index (χ1v) is 6.93. The molecule has 1 aromatic carbocycles. The Hall–Kier alpha value is -1.67. The fourth-order valence-corrected chi connectivity index (χ4v) is 2.41. The van der Waals surface area contributed by atoms with Crippen molar-refractivity contribution in [2.45, 2.75) is 32.7 Å². The second kappa shape index (κ2) is 6.48. The summed E-state index contributed by atoms with van der Waals surface area (Å²) in [5.74, 6) is 0. The first-order chi connectivity index (χ1) is 9.22. The fourth-order valence-electron chi connectivity index (χ4n) is 2.41. The molecule has 0 fully saturated rings. The number of hydrogen-bond acceptors (Lipinski definition) is 2. The van der Waals surface area contributed by atoms with Crippen molar-refractivity contribution in [2.75, 3.05) is 6.54 Å². The number of pyridine rings is 1. The zero-order chi connectivity index (χ0) is 13.7. The van der Waals surface area contributed by atoms with Crippen LogP contribution in [0.4, 0.5) is 0 Å². The van der Waals surface area contributed by atoms with Gasteiger partial charge in [-0.1, -0.05) is 36.8 Å². The Morgan fingerprint density at radius 1 is 1.32 bits per heavy atom. The lowest BCUT2D eigenvalue weighted by Gasteiger charge is -2.19. The summed E-state index contributed by atoms with van der Waals surface area (Å²) >= 11 is 0. The molecule has 1 atom stereocenters. The van der Waals surface area contributed by atoms with E-state index in [0.29, 0.717) is 6.04 Å². The van der Waals surface area contributed by atoms with E-state index in [0.717, 1.165) is 24.9 Å². The summed E-state index contributed by atoms with van der Waals surface area (Å²) in [5, 5.41) is 4.77. The summed E-state index contributed by atoms with van der Waals surface area (Å²) in [5.41, 5.74) is 3.63. The van der Waals surface area contributed by atoms with Crippen LogP contribution in [-0.2, 0) is 0 Å². The minimum Gasteiger partial charge on any atom is -0.310 e. The second-order valence-electron chi connectivity index (χ2n) is 5.03. The quantitative estimate of drug-likeness (QED) is 0.780. The number of aromatic nitrogens is 1. The van der Waals surface area contributed by atoms with Crippen molar-refractivity contribution in [1.29, 1.82) is 0 Å². The molecule has 0 saturated carbocycles. The van der Waals surface area contributed by atoms with Crippen molar-refractivity contribution in [3.63, 3.8) is 0 Å². The number of para-hydroxylation sites is 1. The lowest BCUT2D eigenvalue weighted by atomic mass is 9.97. The Morgan fingerprint density at radius 2 is 2.11 bits per heavy atom. The van der Waals surface area contributed by atoms with Gasteiger partial charge in [0.05, 0.1) is 5.52 Å². The molecule has 0 radical (unpaired) electrons. The minimum atomic E-state index is 0.347. The van der Waals surface area contributed by atoms with Gasteiger partial charge in [-0.05, 0) is 37.9 Å². The molecule has 0 spiro atoms. The first kappa shape index (κ1) is 13.8. The summed E-state index contributed by atoms with van der Waals surface area (Å²) < 4.78 is 0. The molecule has 2 heteroatoms. The lowest BCUT2D eigenvalue weighted by molar-refractivity contribution is 0.517. The maximum Gasteiger partial charge on any atom is 0.0749 e.